The van der Waals surface area contributed by atoms with Gasteiger partial charge in [0.15, 0.2) is 0 Å². The Bertz CT molecular complexity index is 655. The van der Waals surface area contributed by atoms with Crippen molar-refractivity contribution in [1.29, 1.82) is 0 Å². The lowest BCUT2D eigenvalue weighted by Crippen LogP contribution is -2.10. The molecule has 0 aliphatic carbocycles. The van der Waals surface area contributed by atoms with Crippen LogP contribution in [-0.2, 0) is 12.0 Å². The summed E-state index contributed by atoms with van der Waals surface area (Å²) in [5.41, 5.74) is 3.62. The van der Waals surface area contributed by atoms with E-state index in [2.05, 4.69) is 32.9 Å². The van der Waals surface area contributed by atoms with Crippen molar-refractivity contribution in [3.05, 3.63) is 63.7 Å². The molecule has 0 saturated heterocycles. The first-order valence-corrected chi connectivity index (χ1v) is 6.82. The van der Waals surface area contributed by atoms with Gasteiger partial charge in [0.2, 0.25) is 0 Å². The van der Waals surface area contributed by atoms with Crippen LogP contribution in [0.4, 0.5) is 5.69 Å². The van der Waals surface area contributed by atoms with Crippen molar-refractivity contribution in [1.82, 2.24) is 0 Å². The standard InChI is InChI=1S/C17H19NO3/c1-17(2,3)14-6-4-12(5-7-14)16-9-8-15(18(20)21)10-13(16)11-19/h4-10,19H,11H2,1-3H3. The summed E-state index contributed by atoms with van der Waals surface area (Å²) >= 11 is 0. The Kier molecular flexibility index (Phi) is 4.09. The van der Waals surface area contributed by atoms with Crippen molar-refractivity contribution in [2.45, 2.75) is 32.8 Å². The number of aliphatic hydroxyl groups is 1. The zero-order valence-electron chi connectivity index (χ0n) is 12.5. The number of aliphatic hydroxyl groups excluding tert-OH is 1. The average Bonchev–Trinajstić information content (AvgIpc) is 2.45. The molecule has 0 spiro atoms. The van der Waals surface area contributed by atoms with Gasteiger partial charge < -0.3 is 5.11 Å². The summed E-state index contributed by atoms with van der Waals surface area (Å²) in [7, 11) is 0. The van der Waals surface area contributed by atoms with Crippen molar-refractivity contribution >= 4 is 5.69 Å². The molecule has 0 amide bonds. The monoisotopic (exact) mass is 285 g/mol. The quantitative estimate of drug-likeness (QED) is 0.683. The van der Waals surface area contributed by atoms with Gasteiger partial charge in [-0.1, -0.05) is 45.0 Å². The third kappa shape index (κ3) is 3.28. The van der Waals surface area contributed by atoms with E-state index in [0.717, 1.165) is 11.1 Å². The van der Waals surface area contributed by atoms with Crippen LogP contribution < -0.4 is 0 Å². The maximum atomic E-state index is 10.8. The molecule has 2 rings (SSSR count). The third-order valence-electron chi connectivity index (χ3n) is 3.53. The molecule has 0 unspecified atom stereocenters. The Hall–Kier alpha value is -2.20. The molecule has 0 aliphatic heterocycles. The molecule has 4 heteroatoms. The number of nitro benzene ring substituents is 1. The maximum absolute atomic E-state index is 10.8. The second-order valence-electron chi connectivity index (χ2n) is 6.08. The fraction of sp³-hybridized carbons (Fsp3) is 0.294. The molecule has 1 N–H and O–H groups in total. The highest BCUT2D eigenvalue weighted by Gasteiger charge is 2.15. The van der Waals surface area contributed by atoms with Crippen LogP contribution in [-0.4, -0.2) is 10.0 Å². The van der Waals surface area contributed by atoms with Gasteiger partial charge in [0.1, 0.15) is 0 Å². The molecule has 110 valence electrons. The fourth-order valence-electron chi connectivity index (χ4n) is 2.26. The summed E-state index contributed by atoms with van der Waals surface area (Å²) in [4.78, 5) is 10.3. The molecule has 2 aromatic carbocycles. The minimum atomic E-state index is -0.453. The molecular formula is C17H19NO3. The molecule has 0 aromatic heterocycles. The van der Waals surface area contributed by atoms with Gasteiger partial charge in [0.25, 0.3) is 5.69 Å². The number of non-ortho nitro benzene ring substituents is 1. The summed E-state index contributed by atoms with van der Waals surface area (Å²) in [6, 6.07) is 12.7. The van der Waals surface area contributed by atoms with E-state index in [1.807, 2.05) is 12.1 Å². The molecule has 4 nitrogen and oxygen atoms in total. The van der Waals surface area contributed by atoms with Gasteiger partial charge >= 0.3 is 0 Å². The number of hydrogen-bond acceptors (Lipinski definition) is 3. The van der Waals surface area contributed by atoms with Gasteiger partial charge in [0, 0.05) is 12.1 Å². The summed E-state index contributed by atoms with van der Waals surface area (Å²) < 4.78 is 0. The van der Waals surface area contributed by atoms with Crippen LogP contribution in [0, 0.1) is 10.1 Å². The van der Waals surface area contributed by atoms with Crippen LogP contribution in [0.2, 0.25) is 0 Å². The molecule has 21 heavy (non-hydrogen) atoms. The van der Waals surface area contributed by atoms with E-state index in [1.165, 1.54) is 17.7 Å². The van der Waals surface area contributed by atoms with E-state index in [4.69, 9.17) is 0 Å². The Morgan fingerprint density at radius 2 is 1.71 bits per heavy atom. The second kappa shape index (κ2) is 5.66. The van der Waals surface area contributed by atoms with Gasteiger partial charge in [-0.05, 0) is 33.7 Å². The van der Waals surface area contributed by atoms with Gasteiger partial charge in [-0.15, -0.1) is 0 Å². The predicted molar refractivity (Wildman–Crippen MR) is 83.2 cm³/mol. The van der Waals surface area contributed by atoms with Crippen LogP contribution in [0.1, 0.15) is 31.9 Å². The maximum Gasteiger partial charge on any atom is 0.269 e. The predicted octanol–water partition coefficient (Wildman–Crippen LogP) is 4.05. The first kappa shape index (κ1) is 15.2. The van der Waals surface area contributed by atoms with Crippen molar-refractivity contribution < 1.29 is 10.0 Å². The zero-order chi connectivity index (χ0) is 15.6. The van der Waals surface area contributed by atoms with Crippen LogP contribution in [0.25, 0.3) is 11.1 Å². The van der Waals surface area contributed by atoms with Crippen molar-refractivity contribution in [3.8, 4) is 11.1 Å². The highest BCUT2D eigenvalue weighted by molar-refractivity contribution is 5.69. The van der Waals surface area contributed by atoms with Gasteiger partial charge in [-0.2, -0.15) is 0 Å². The lowest BCUT2D eigenvalue weighted by molar-refractivity contribution is -0.384. The molecule has 0 heterocycles. The van der Waals surface area contributed by atoms with E-state index in [1.54, 1.807) is 6.07 Å². The Morgan fingerprint density at radius 1 is 1.10 bits per heavy atom. The molecule has 0 aliphatic rings. The summed E-state index contributed by atoms with van der Waals surface area (Å²) in [5.74, 6) is 0. The van der Waals surface area contributed by atoms with Crippen LogP contribution in [0.3, 0.4) is 0 Å². The first-order chi connectivity index (χ1) is 9.82. The van der Waals surface area contributed by atoms with E-state index >= 15 is 0 Å². The number of nitrogens with zero attached hydrogens (tertiary/aromatic N) is 1. The average molecular weight is 285 g/mol. The molecule has 0 radical (unpaired) electrons. The van der Waals surface area contributed by atoms with Crippen molar-refractivity contribution in [3.63, 3.8) is 0 Å². The lowest BCUT2D eigenvalue weighted by Gasteiger charge is -2.19. The smallest absolute Gasteiger partial charge is 0.269 e. The Morgan fingerprint density at radius 3 is 2.19 bits per heavy atom. The minimum absolute atomic E-state index is 0.00545. The molecule has 0 fully saturated rings. The van der Waals surface area contributed by atoms with E-state index in [9.17, 15) is 15.2 Å². The van der Waals surface area contributed by atoms with Crippen LogP contribution in [0.5, 0.6) is 0 Å². The first-order valence-electron chi connectivity index (χ1n) is 6.82. The van der Waals surface area contributed by atoms with Crippen LogP contribution in [0.15, 0.2) is 42.5 Å². The molecule has 0 atom stereocenters. The summed E-state index contributed by atoms with van der Waals surface area (Å²) in [6.07, 6.45) is 0. The number of hydrogen-bond donors (Lipinski definition) is 1. The highest BCUT2D eigenvalue weighted by atomic mass is 16.6. The van der Waals surface area contributed by atoms with Crippen molar-refractivity contribution in [2.75, 3.05) is 0 Å². The SMILES string of the molecule is CC(C)(C)c1ccc(-c2ccc([N+](=O)[O-])cc2CO)cc1. The van der Waals surface area contributed by atoms with Gasteiger partial charge in [-0.25, -0.2) is 0 Å². The molecule has 0 bridgehead atoms. The van der Waals surface area contributed by atoms with Gasteiger partial charge in [-0.3, -0.25) is 10.1 Å². The topological polar surface area (TPSA) is 63.4 Å². The fourth-order valence-corrected chi connectivity index (χ4v) is 2.26. The molecule has 0 saturated carbocycles. The van der Waals surface area contributed by atoms with Gasteiger partial charge in [0.05, 0.1) is 11.5 Å². The minimum Gasteiger partial charge on any atom is -0.392 e. The number of benzene rings is 2. The number of rotatable bonds is 3. The van der Waals surface area contributed by atoms with Crippen molar-refractivity contribution in [2.24, 2.45) is 0 Å². The summed E-state index contributed by atoms with van der Waals surface area (Å²) in [6.45, 7) is 6.21. The molecule has 2 aromatic rings. The third-order valence-corrected chi connectivity index (χ3v) is 3.53. The largest absolute Gasteiger partial charge is 0.392 e. The second-order valence-corrected chi connectivity index (χ2v) is 6.08. The number of nitro groups is 1. The highest BCUT2D eigenvalue weighted by Crippen LogP contribution is 2.30. The zero-order valence-corrected chi connectivity index (χ0v) is 12.5. The summed E-state index contributed by atoms with van der Waals surface area (Å²) in [5, 5.41) is 20.2. The van der Waals surface area contributed by atoms with E-state index in [-0.39, 0.29) is 17.7 Å². The Labute approximate surface area is 124 Å². The normalized spacial score (nSPS) is 11.4. The molecular weight excluding hydrogens is 266 g/mol. The van der Waals surface area contributed by atoms with E-state index < -0.39 is 4.92 Å². The van der Waals surface area contributed by atoms with Crippen LogP contribution >= 0.6 is 0 Å². The lowest BCUT2D eigenvalue weighted by atomic mass is 9.86. The van der Waals surface area contributed by atoms with E-state index in [0.29, 0.717) is 5.56 Å². The Balaban J connectivity index is 2.44.